The predicted molar refractivity (Wildman–Crippen MR) is 71.0 cm³/mol. The molecule has 1 N–H and O–H groups in total. The van der Waals surface area contributed by atoms with E-state index in [9.17, 15) is 18.4 Å². The summed E-state index contributed by atoms with van der Waals surface area (Å²) in [6, 6.07) is 5.80. The Bertz CT molecular complexity index is 463. The number of hydrogen-bond acceptors (Lipinski definition) is 4. The second-order valence-electron chi connectivity index (χ2n) is 4.10. The average Bonchev–Trinajstić information content (AvgIpc) is 2.40. The molecule has 0 bridgehead atoms. The third kappa shape index (κ3) is 7.24. The van der Waals surface area contributed by atoms with Crippen LogP contribution >= 0.6 is 0 Å². The SMILES string of the molecule is CCOC(=O)CCNC(=O)Cc1ccc(OC(F)F)cc1. The molecule has 0 saturated heterocycles. The Labute approximate surface area is 121 Å². The molecule has 7 heteroatoms. The van der Waals surface area contributed by atoms with Gasteiger partial charge in [-0.2, -0.15) is 8.78 Å². The molecule has 21 heavy (non-hydrogen) atoms. The fraction of sp³-hybridized carbons (Fsp3) is 0.429. The Morgan fingerprint density at radius 1 is 1.24 bits per heavy atom. The summed E-state index contributed by atoms with van der Waals surface area (Å²) in [6.45, 7) is -0.663. The van der Waals surface area contributed by atoms with Crippen molar-refractivity contribution in [3.05, 3.63) is 29.8 Å². The highest BCUT2D eigenvalue weighted by molar-refractivity contribution is 5.79. The Kier molecular flexibility index (Phi) is 7.14. The number of alkyl halides is 2. The van der Waals surface area contributed by atoms with E-state index in [1.54, 1.807) is 6.92 Å². The van der Waals surface area contributed by atoms with Crippen LogP contribution in [-0.4, -0.2) is 31.6 Å². The maximum Gasteiger partial charge on any atom is 0.387 e. The van der Waals surface area contributed by atoms with Gasteiger partial charge in [-0.3, -0.25) is 9.59 Å². The van der Waals surface area contributed by atoms with Crippen LogP contribution in [0.25, 0.3) is 0 Å². The summed E-state index contributed by atoms with van der Waals surface area (Å²) in [6.07, 6.45) is 0.207. The fourth-order valence-corrected chi connectivity index (χ4v) is 1.57. The van der Waals surface area contributed by atoms with Crippen molar-refractivity contribution >= 4 is 11.9 Å². The standard InChI is InChI=1S/C14H17F2NO4/c1-2-20-13(19)7-8-17-12(18)9-10-3-5-11(6-4-10)21-14(15)16/h3-6,14H,2,7-9H2,1H3,(H,17,18). The molecule has 5 nitrogen and oxygen atoms in total. The van der Waals surface area contributed by atoms with Crippen molar-refractivity contribution in [2.45, 2.75) is 26.4 Å². The number of benzene rings is 1. The first kappa shape index (κ1) is 16.9. The molecule has 0 aliphatic rings. The second kappa shape index (κ2) is 8.89. The van der Waals surface area contributed by atoms with Crippen LogP contribution in [0.1, 0.15) is 18.9 Å². The molecule has 0 aromatic heterocycles. The van der Waals surface area contributed by atoms with Crippen molar-refractivity contribution in [1.82, 2.24) is 5.32 Å². The van der Waals surface area contributed by atoms with Crippen LogP contribution < -0.4 is 10.1 Å². The molecular formula is C14H17F2NO4. The molecule has 1 rings (SSSR count). The average molecular weight is 301 g/mol. The van der Waals surface area contributed by atoms with Gasteiger partial charge in [0.25, 0.3) is 0 Å². The molecule has 0 heterocycles. The van der Waals surface area contributed by atoms with Crippen molar-refractivity contribution in [3.8, 4) is 5.75 Å². The van der Waals surface area contributed by atoms with Crippen molar-refractivity contribution in [2.75, 3.05) is 13.2 Å². The number of amides is 1. The van der Waals surface area contributed by atoms with Gasteiger partial charge >= 0.3 is 12.6 Å². The first-order chi connectivity index (χ1) is 10.0. The Morgan fingerprint density at radius 2 is 1.90 bits per heavy atom. The quantitative estimate of drug-likeness (QED) is 0.745. The molecule has 0 atom stereocenters. The van der Waals surface area contributed by atoms with Crippen molar-refractivity contribution in [2.24, 2.45) is 0 Å². The number of esters is 1. The van der Waals surface area contributed by atoms with Crippen LogP contribution in [0.4, 0.5) is 8.78 Å². The van der Waals surface area contributed by atoms with E-state index in [2.05, 4.69) is 10.1 Å². The molecule has 1 aromatic rings. The van der Waals surface area contributed by atoms with E-state index in [0.29, 0.717) is 12.2 Å². The summed E-state index contributed by atoms with van der Waals surface area (Å²) in [5.74, 6) is -0.593. The lowest BCUT2D eigenvalue weighted by Gasteiger charge is -2.07. The minimum atomic E-state index is -2.87. The molecule has 0 unspecified atom stereocenters. The van der Waals surface area contributed by atoms with E-state index in [0.717, 1.165) is 0 Å². The minimum Gasteiger partial charge on any atom is -0.466 e. The molecular weight excluding hydrogens is 284 g/mol. The number of nitrogens with one attached hydrogen (secondary N) is 1. The van der Waals surface area contributed by atoms with Crippen molar-refractivity contribution in [3.63, 3.8) is 0 Å². The van der Waals surface area contributed by atoms with Gasteiger partial charge in [0.1, 0.15) is 5.75 Å². The summed E-state index contributed by atoms with van der Waals surface area (Å²) in [5.41, 5.74) is 0.658. The number of carbonyl (C=O) groups excluding carboxylic acids is 2. The van der Waals surface area contributed by atoms with Crippen molar-refractivity contribution in [1.29, 1.82) is 0 Å². The van der Waals surface area contributed by atoms with Crippen LogP contribution in [0.3, 0.4) is 0 Å². The zero-order valence-corrected chi connectivity index (χ0v) is 11.6. The molecule has 0 aliphatic carbocycles. The molecule has 1 aromatic carbocycles. The van der Waals surface area contributed by atoms with Gasteiger partial charge < -0.3 is 14.8 Å². The Hall–Kier alpha value is -2.18. The number of halogens is 2. The summed E-state index contributed by atoms with van der Waals surface area (Å²) in [7, 11) is 0. The van der Waals surface area contributed by atoms with Gasteiger partial charge in [0.15, 0.2) is 0 Å². The smallest absolute Gasteiger partial charge is 0.387 e. The van der Waals surface area contributed by atoms with Gasteiger partial charge in [-0.15, -0.1) is 0 Å². The first-order valence-corrected chi connectivity index (χ1v) is 6.47. The van der Waals surface area contributed by atoms with Gasteiger partial charge in [0, 0.05) is 6.54 Å². The Morgan fingerprint density at radius 3 is 2.48 bits per heavy atom. The Balaban J connectivity index is 2.32. The van der Waals surface area contributed by atoms with Gasteiger partial charge in [-0.05, 0) is 24.6 Å². The number of rotatable bonds is 8. The monoisotopic (exact) mass is 301 g/mol. The predicted octanol–water partition coefficient (Wildman–Crippen LogP) is 1.90. The maximum absolute atomic E-state index is 12.0. The summed E-state index contributed by atoms with van der Waals surface area (Å²) >= 11 is 0. The third-order valence-corrected chi connectivity index (χ3v) is 2.47. The maximum atomic E-state index is 12.0. The minimum absolute atomic E-state index is 0.0384. The van der Waals surface area contributed by atoms with Crippen LogP contribution in [0.5, 0.6) is 5.75 Å². The van der Waals surface area contributed by atoms with Crippen LogP contribution in [0.15, 0.2) is 24.3 Å². The lowest BCUT2D eigenvalue weighted by atomic mass is 10.1. The van der Waals surface area contributed by atoms with E-state index >= 15 is 0 Å². The van der Waals surface area contributed by atoms with E-state index < -0.39 is 6.61 Å². The van der Waals surface area contributed by atoms with Crippen molar-refractivity contribution < 1.29 is 27.8 Å². The van der Waals surface area contributed by atoms with Crippen LogP contribution in [0.2, 0.25) is 0 Å². The second-order valence-corrected chi connectivity index (χ2v) is 4.10. The topological polar surface area (TPSA) is 64.6 Å². The fourth-order valence-electron chi connectivity index (χ4n) is 1.57. The summed E-state index contributed by atoms with van der Waals surface area (Å²) in [4.78, 5) is 22.7. The lowest BCUT2D eigenvalue weighted by Crippen LogP contribution is -2.27. The number of carbonyl (C=O) groups is 2. The zero-order chi connectivity index (χ0) is 15.7. The van der Waals surface area contributed by atoms with Gasteiger partial charge in [0.2, 0.25) is 5.91 Å². The van der Waals surface area contributed by atoms with Gasteiger partial charge in [0.05, 0.1) is 19.4 Å². The highest BCUT2D eigenvalue weighted by atomic mass is 19.3. The zero-order valence-electron chi connectivity index (χ0n) is 11.6. The highest BCUT2D eigenvalue weighted by Gasteiger charge is 2.07. The number of ether oxygens (including phenoxy) is 2. The molecule has 0 fully saturated rings. The summed E-state index contributed by atoms with van der Waals surface area (Å²) < 4.78 is 32.9. The first-order valence-electron chi connectivity index (χ1n) is 6.47. The lowest BCUT2D eigenvalue weighted by molar-refractivity contribution is -0.143. The molecule has 0 saturated carbocycles. The van der Waals surface area contributed by atoms with E-state index in [4.69, 9.17) is 4.74 Å². The molecule has 116 valence electrons. The van der Waals surface area contributed by atoms with Crippen LogP contribution in [0, 0.1) is 0 Å². The third-order valence-electron chi connectivity index (χ3n) is 2.47. The summed E-state index contributed by atoms with van der Waals surface area (Å²) in [5, 5.41) is 2.58. The normalized spacial score (nSPS) is 10.3. The largest absolute Gasteiger partial charge is 0.466 e. The molecule has 0 aliphatic heterocycles. The molecule has 0 radical (unpaired) electrons. The van der Waals surface area contributed by atoms with Gasteiger partial charge in [-0.1, -0.05) is 12.1 Å². The van der Waals surface area contributed by atoms with E-state index in [1.807, 2.05) is 0 Å². The highest BCUT2D eigenvalue weighted by Crippen LogP contribution is 2.15. The van der Waals surface area contributed by atoms with E-state index in [-0.39, 0.29) is 37.0 Å². The van der Waals surface area contributed by atoms with E-state index in [1.165, 1.54) is 24.3 Å². The number of hydrogen-bond donors (Lipinski definition) is 1. The van der Waals surface area contributed by atoms with Crippen LogP contribution in [-0.2, 0) is 20.7 Å². The molecule has 0 spiro atoms. The molecule has 1 amide bonds. The van der Waals surface area contributed by atoms with Gasteiger partial charge in [-0.25, -0.2) is 0 Å².